The number of amides is 1. The van der Waals surface area contributed by atoms with E-state index in [-0.39, 0.29) is 34.8 Å². The minimum absolute atomic E-state index is 0.114. The second-order valence-corrected chi connectivity index (χ2v) is 12.8. The number of aldehydes is 1. The SMILES string of the molecule is CC1=C2C(=O)c3c(O)c(-c4cccc(C(=O)NCCN(C)C)c4)cc(N(C)C)c3C[C@H]2C[C@@H](C/C(C)=C(/C)C=O)[C@]1(C)O. The average Bonchev–Trinajstić information content (AvgIpc) is 2.95. The number of nitrogens with zero attached hydrogens (tertiary/aromatic N) is 2. The Morgan fingerprint density at radius 1 is 1.16 bits per heavy atom. The Morgan fingerprint density at radius 3 is 2.49 bits per heavy atom. The van der Waals surface area contributed by atoms with Crippen LogP contribution in [0.15, 0.2) is 52.6 Å². The fraction of sp³-hybridized carbons (Fsp3) is 0.457. The molecule has 43 heavy (non-hydrogen) atoms. The molecule has 0 heterocycles. The summed E-state index contributed by atoms with van der Waals surface area (Å²) in [5, 5.41) is 26.3. The van der Waals surface area contributed by atoms with Gasteiger partial charge in [-0.25, -0.2) is 0 Å². The van der Waals surface area contributed by atoms with Crippen LogP contribution in [0.5, 0.6) is 5.75 Å². The summed E-state index contributed by atoms with van der Waals surface area (Å²) in [6.45, 7) is 8.48. The Hall–Kier alpha value is -3.75. The molecule has 0 aromatic heterocycles. The van der Waals surface area contributed by atoms with Crippen molar-refractivity contribution in [2.75, 3.05) is 46.2 Å². The zero-order valence-corrected chi connectivity index (χ0v) is 26.7. The topological polar surface area (TPSA) is 110 Å². The number of hydrogen-bond acceptors (Lipinski definition) is 7. The van der Waals surface area contributed by atoms with Gasteiger partial charge in [0.15, 0.2) is 5.78 Å². The van der Waals surface area contributed by atoms with E-state index in [0.29, 0.717) is 65.8 Å². The predicted molar refractivity (Wildman–Crippen MR) is 171 cm³/mol. The van der Waals surface area contributed by atoms with Crippen molar-refractivity contribution < 1.29 is 24.6 Å². The first-order chi connectivity index (χ1) is 20.2. The number of rotatable bonds is 9. The molecule has 1 amide bonds. The number of carbonyl (C=O) groups is 3. The maximum atomic E-state index is 14.3. The van der Waals surface area contributed by atoms with E-state index in [1.54, 1.807) is 32.0 Å². The molecule has 0 spiro atoms. The number of hydrogen-bond donors (Lipinski definition) is 3. The van der Waals surface area contributed by atoms with Crippen LogP contribution in [-0.2, 0) is 11.2 Å². The quantitative estimate of drug-likeness (QED) is 0.286. The lowest BCUT2D eigenvalue weighted by Crippen LogP contribution is -2.45. The lowest BCUT2D eigenvalue weighted by Gasteiger charge is -2.45. The number of ketones is 1. The number of carbonyl (C=O) groups excluding carboxylic acids is 3. The lowest BCUT2D eigenvalue weighted by atomic mass is 9.61. The van der Waals surface area contributed by atoms with E-state index >= 15 is 0 Å². The molecular formula is C35H45N3O5. The van der Waals surface area contributed by atoms with Gasteiger partial charge in [0.2, 0.25) is 0 Å². The molecule has 0 saturated carbocycles. The molecule has 0 aliphatic heterocycles. The molecule has 0 radical (unpaired) electrons. The van der Waals surface area contributed by atoms with Crippen LogP contribution < -0.4 is 10.2 Å². The zero-order chi connectivity index (χ0) is 31.8. The molecule has 0 saturated heterocycles. The van der Waals surface area contributed by atoms with Crippen molar-refractivity contribution in [3.63, 3.8) is 0 Å². The summed E-state index contributed by atoms with van der Waals surface area (Å²) in [7, 11) is 7.71. The van der Waals surface area contributed by atoms with Crippen molar-refractivity contribution in [2.45, 2.75) is 52.6 Å². The highest BCUT2D eigenvalue weighted by atomic mass is 16.3. The Labute approximate surface area is 255 Å². The van der Waals surface area contributed by atoms with Gasteiger partial charge in [-0.1, -0.05) is 17.7 Å². The highest BCUT2D eigenvalue weighted by molar-refractivity contribution is 6.15. The van der Waals surface area contributed by atoms with Gasteiger partial charge in [-0.15, -0.1) is 0 Å². The first-order valence-electron chi connectivity index (χ1n) is 14.9. The van der Waals surface area contributed by atoms with E-state index in [0.717, 1.165) is 23.1 Å². The summed E-state index contributed by atoms with van der Waals surface area (Å²) in [5.74, 6) is -0.864. The highest BCUT2D eigenvalue weighted by Gasteiger charge is 2.47. The molecule has 8 heteroatoms. The predicted octanol–water partition coefficient (Wildman–Crippen LogP) is 4.78. The first-order valence-corrected chi connectivity index (χ1v) is 14.9. The van der Waals surface area contributed by atoms with Gasteiger partial charge in [0.05, 0.1) is 11.2 Å². The lowest BCUT2D eigenvalue weighted by molar-refractivity contribution is -0.104. The molecule has 3 atom stereocenters. The van der Waals surface area contributed by atoms with Crippen molar-refractivity contribution in [3.05, 3.63) is 69.3 Å². The van der Waals surface area contributed by atoms with Crippen molar-refractivity contribution >= 4 is 23.7 Å². The Kier molecular flexibility index (Phi) is 9.33. The number of aliphatic hydroxyl groups is 1. The first kappa shape index (κ1) is 32.2. The Balaban J connectivity index is 1.79. The molecule has 230 valence electrons. The summed E-state index contributed by atoms with van der Waals surface area (Å²) in [6, 6.07) is 8.96. The van der Waals surface area contributed by atoms with E-state index < -0.39 is 5.60 Å². The van der Waals surface area contributed by atoms with Crippen LogP contribution >= 0.6 is 0 Å². The summed E-state index contributed by atoms with van der Waals surface area (Å²) < 4.78 is 0. The third kappa shape index (κ3) is 6.17. The minimum Gasteiger partial charge on any atom is -0.507 e. The average molecular weight is 588 g/mol. The number of benzene rings is 2. The third-order valence-electron chi connectivity index (χ3n) is 9.41. The summed E-state index contributed by atoms with van der Waals surface area (Å²) in [4.78, 5) is 42.5. The van der Waals surface area contributed by atoms with Crippen molar-refractivity contribution in [2.24, 2.45) is 11.8 Å². The van der Waals surface area contributed by atoms with E-state index in [4.69, 9.17) is 0 Å². The number of Topliss-reactive ketones (excluding diaryl/α,β-unsaturated/α-hetero) is 1. The number of phenolic OH excluding ortho intramolecular Hbond substituents is 1. The van der Waals surface area contributed by atoms with Crippen molar-refractivity contribution in [3.8, 4) is 16.9 Å². The van der Waals surface area contributed by atoms with E-state index in [2.05, 4.69) is 5.32 Å². The van der Waals surface area contributed by atoms with Gasteiger partial charge in [-0.05, 0) is 113 Å². The van der Waals surface area contributed by atoms with Gasteiger partial charge in [0.1, 0.15) is 12.0 Å². The van der Waals surface area contributed by atoms with Crippen LogP contribution in [0, 0.1) is 11.8 Å². The van der Waals surface area contributed by atoms with Crippen molar-refractivity contribution in [1.82, 2.24) is 10.2 Å². The van der Waals surface area contributed by atoms with Gasteiger partial charge < -0.3 is 25.3 Å². The molecule has 3 N–H and O–H groups in total. The minimum atomic E-state index is -1.24. The molecule has 2 aromatic carbocycles. The molecule has 0 unspecified atom stereocenters. The zero-order valence-electron chi connectivity index (χ0n) is 26.7. The third-order valence-corrected chi connectivity index (χ3v) is 9.41. The van der Waals surface area contributed by atoms with Gasteiger partial charge in [-0.3, -0.25) is 14.4 Å². The monoisotopic (exact) mass is 587 g/mol. The second kappa shape index (κ2) is 12.5. The van der Waals surface area contributed by atoms with Crippen LogP contribution in [0.25, 0.3) is 11.1 Å². The Morgan fingerprint density at radius 2 is 1.86 bits per heavy atom. The maximum absolute atomic E-state index is 14.3. The van der Waals surface area contributed by atoms with Crippen LogP contribution in [-0.4, -0.2) is 80.0 Å². The van der Waals surface area contributed by atoms with E-state index in [1.165, 1.54) is 0 Å². The number of fused-ring (bicyclic) bond motifs is 2. The van der Waals surface area contributed by atoms with Crippen LogP contribution in [0.3, 0.4) is 0 Å². The standard InChI is InChI=1S/C35H45N3O5/c1-20(21(2)19-39)14-26-16-25-17-28-29(38(7)8)18-27(32(40)31(28)33(41)30(25)22(3)35(26,4)43)23-10-9-11-24(15-23)34(42)36-12-13-37(5)6/h9-11,15,18-19,25-26,40,43H,12-14,16-17H2,1-8H3,(H,36,42)/b21-20-/t25-,26-,35-/m1/s1. The Bertz CT molecular complexity index is 1520. The molecule has 0 fully saturated rings. The van der Waals surface area contributed by atoms with Crippen molar-refractivity contribution in [1.29, 1.82) is 0 Å². The highest BCUT2D eigenvalue weighted by Crippen LogP contribution is 2.52. The number of aromatic hydroxyl groups is 1. The largest absolute Gasteiger partial charge is 0.507 e. The fourth-order valence-electron chi connectivity index (χ4n) is 6.50. The van der Waals surface area contributed by atoms with Crippen LogP contribution in [0.2, 0.25) is 0 Å². The molecule has 0 bridgehead atoms. The molecular weight excluding hydrogens is 542 g/mol. The number of likely N-dealkylation sites (N-methyl/N-ethyl adjacent to an activating group) is 1. The molecule has 2 aliphatic carbocycles. The number of allylic oxidation sites excluding steroid dienone is 3. The number of anilines is 1. The van der Waals surface area contributed by atoms with Crippen LogP contribution in [0.4, 0.5) is 5.69 Å². The van der Waals surface area contributed by atoms with Gasteiger partial charge >= 0.3 is 0 Å². The van der Waals surface area contributed by atoms with Gasteiger partial charge in [-0.2, -0.15) is 0 Å². The fourth-order valence-corrected chi connectivity index (χ4v) is 6.50. The maximum Gasteiger partial charge on any atom is 0.251 e. The van der Waals surface area contributed by atoms with Gasteiger partial charge in [0.25, 0.3) is 5.91 Å². The van der Waals surface area contributed by atoms with E-state index in [9.17, 15) is 24.6 Å². The summed E-state index contributed by atoms with van der Waals surface area (Å²) in [5.41, 5.74) is 4.98. The summed E-state index contributed by atoms with van der Waals surface area (Å²) in [6.07, 6.45) is 2.54. The summed E-state index contributed by atoms with van der Waals surface area (Å²) >= 11 is 0. The molecule has 8 nitrogen and oxygen atoms in total. The number of nitrogens with one attached hydrogen (secondary N) is 1. The van der Waals surface area contributed by atoms with Crippen LogP contribution in [0.1, 0.15) is 66.8 Å². The molecule has 4 rings (SSSR count). The second-order valence-electron chi connectivity index (χ2n) is 12.8. The molecule has 2 aromatic rings. The van der Waals surface area contributed by atoms with E-state index in [1.807, 2.05) is 64.0 Å². The smallest absolute Gasteiger partial charge is 0.251 e. The normalized spacial score (nSPS) is 22.1. The number of phenols is 1. The van der Waals surface area contributed by atoms with Gasteiger partial charge in [0, 0.05) is 49.6 Å². The molecule has 2 aliphatic rings.